The van der Waals surface area contributed by atoms with E-state index in [9.17, 15) is 5.11 Å². The van der Waals surface area contributed by atoms with Gasteiger partial charge in [0.1, 0.15) is 11.9 Å². The molecule has 0 aromatic heterocycles. The van der Waals surface area contributed by atoms with Gasteiger partial charge < -0.3 is 43.0 Å². The van der Waals surface area contributed by atoms with Gasteiger partial charge in [-0.05, 0) is 18.6 Å². The van der Waals surface area contributed by atoms with Crippen molar-refractivity contribution in [2.24, 2.45) is 17.2 Å². The zero-order valence-corrected chi connectivity index (χ0v) is 14.1. The summed E-state index contributed by atoms with van der Waals surface area (Å²) in [7, 11) is 0. The highest BCUT2D eigenvalue weighted by Crippen LogP contribution is 2.29. The number of guanidine groups is 3. The first-order chi connectivity index (χ1) is 12.3. The third-order valence-corrected chi connectivity index (χ3v) is 4.01. The monoisotopic (exact) mass is 363 g/mol. The van der Waals surface area contributed by atoms with Gasteiger partial charge in [-0.3, -0.25) is 16.2 Å². The van der Waals surface area contributed by atoms with Crippen molar-refractivity contribution in [3.05, 3.63) is 24.3 Å². The molecule has 4 atom stereocenters. The molecule has 142 valence electrons. The maximum atomic E-state index is 10.4. The number of aliphatic hydroxyl groups excluding tert-OH is 1. The highest BCUT2D eigenvalue weighted by atomic mass is 16.5. The van der Waals surface area contributed by atoms with Crippen LogP contribution in [0.4, 0.5) is 5.69 Å². The molecule has 0 spiro atoms. The van der Waals surface area contributed by atoms with Crippen LogP contribution >= 0.6 is 0 Å². The maximum absolute atomic E-state index is 10.4. The highest BCUT2D eigenvalue weighted by molar-refractivity contribution is 5.91. The third-order valence-electron chi connectivity index (χ3n) is 4.01. The molecule has 1 aliphatic rings. The van der Waals surface area contributed by atoms with E-state index in [0.29, 0.717) is 17.9 Å². The van der Waals surface area contributed by atoms with Gasteiger partial charge in [0.2, 0.25) is 0 Å². The first-order valence-corrected chi connectivity index (χ1v) is 8.02. The van der Waals surface area contributed by atoms with Crippen molar-refractivity contribution >= 4 is 23.6 Å². The molecule has 0 saturated heterocycles. The molecular weight excluding hydrogens is 338 g/mol. The van der Waals surface area contributed by atoms with E-state index in [1.165, 1.54) is 0 Å². The summed E-state index contributed by atoms with van der Waals surface area (Å²) in [6.07, 6.45) is -0.743. The molecule has 13 N–H and O–H groups in total. The maximum Gasteiger partial charge on any atom is 0.190 e. The molecular formula is C15H25N9O2. The summed E-state index contributed by atoms with van der Waals surface area (Å²) >= 11 is 0. The van der Waals surface area contributed by atoms with E-state index < -0.39 is 24.3 Å². The van der Waals surface area contributed by atoms with Crippen LogP contribution in [0.1, 0.15) is 12.8 Å². The summed E-state index contributed by atoms with van der Waals surface area (Å²) < 4.78 is 6.02. The van der Waals surface area contributed by atoms with Crippen molar-refractivity contribution in [2.45, 2.75) is 37.1 Å². The molecule has 0 unspecified atom stereocenters. The van der Waals surface area contributed by atoms with E-state index in [4.69, 9.17) is 38.2 Å². The van der Waals surface area contributed by atoms with Gasteiger partial charge in [0.15, 0.2) is 17.9 Å². The van der Waals surface area contributed by atoms with Crippen LogP contribution in [-0.2, 0) is 0 Å². The molecule has 1 fully saturated rings. The van der Waals surface area contributed by atoms with Gasteiger partial charge >= 0.3 is 0 Å². The van der Waals surface area contributed by atoms with Crippen LogP contribution in [-0.4, -0.2) is 47.3 Å². The van der Waals surface area contributed by atoms with Gasteiger partial charge in [0, 0.05) is 6.42 Å². The van der Waals surface area contributed by atoms with E-state index in [0.717, 1.165) is 0 Å². The summed E-state index contributed by atoms with van der Waals surface area (Å²) in [4.78, 5) is 0. The van der Waals surface area contributed by atoms with Crippen molar-refractivity contribution < 1.29 is 9.84 Å². The second kappa shape index (κ2) is 8.25. The third kappa shape index (κ3) is 5.14. The molecule has 1 aliphatic carbocycles. The Balaban J connectivity index is 2.19. The zero-order chi connectivity index (χ0) is 19.3. The lowest BCUT2D eigenvalue weighted by molar-refractivity contribution is 0.0168. The minimum Gasteiger partial charge on any atom is -0.486 e. The number of para-hydroxylation sites is 2. The van der Waals surface area contributed by atoms with Crippen LogP contribution in [0.15, 0.2) is 24.3 Å². The van der Waals surface area contributed by atoms with Crippen molar-refractivity contribution in [3.63, 3.8) is 0 Å². The summed E-state index contributed by atoms with van der Waals surface area (Å²) in [5.74, 6) is -0.246. The Morgan fingerprint density at radius 2 is 1.58 bits per heavy atom. The van der Waals surface area contributed by atoms with Crippen LogP contribution < -0.4 is 37.9 Å². The van der Waals surface area contributed by atoms with Gasteiger partial charge in [0.05, 0.1) is 23.9 Å². The van der Waals surface area contributed by atoms with Gasteiger partial charge in [-0.25, -0.2) is 0 Å². The second-order valence-corrected chi connectivity index (χ2v) is 6.06. The fourth-order valence-electron chi connectivity index (χ4n) is 2.97. The molecule has 0 radical (unpaired) electrons. The molecule has 11 nitrogen and oxygen atoms in total. The van der Waals surface area contributed by atoms with E-state index in [1.54, 1.807) is 24.3 Å². The van der Waals surface area contributed by atoms with Crippen LogP contribution in [0, 0.1) is 16.2 Å². The number of rotatable bonds is 5. The second-order valence-electron chi connectivity index (χ2n) is 6.06. The summed E-state index contributed by atoms with van der Waals surface area (Å²) in [6.45, 7) is 0. The van der Waals surface area contributed by atoms with Crippen molar-refractivity contribution in [3.8, 4) is 5.75 Å². The summed E-state index contributed by atoms with van der Waals surface area (Å²) in [6, 6.07) is 6.11. The van der Waals surface area contributed by atoms with Gasteiger partial charge in [0.25, 0.3) is 0 Å². The first-order valence-electron chi connectivity index (χ1n) is 8.02. The van der Waals surface area contributed by atoms with E-state index in [2.05, 4.69) is 16.0 Å². The zero-order valence-electron chi connectivity index (χ0n) is 14.1. The van der Waals surface area contributed by atoms with Gasteiger partial charge in [-0.1, -0.05) is 12.1 Å². The number of aliphatic hydroxyl groups is 1. The van der Waals surface area contributed by atoms with E-state index >= 15 is 0 Å². The number of ether oxygens (including phenoxy) is 1. The lowest BCUT2D eigenvalue weighted by Crippen LogP contribution is -2.60. The van der Waals surface area contributed by atoms with Crippen LogP contribution in [0.5, 0.6) is 5.75 Å². The Labute approximate surface area is 150 Å². The van der Waals surface area contributed by atoms with Crippen LogP contribution in [0.2, 0.25) is 0 Å². The predicted molar refractivity (Wildman–Crippen MR) is 99.3 cm³/mol. The molecule has 1 aromatic carbocycles. The van der Waals surface area contributed by atoms with Gasteiger partial charge in [-0.2, -0.15) is 0 Å². The van der Waals surface area contributed by atoms with Gasteiger partial charge in [-0.15, -0.1) is 0 Å². The normalized spacial score (nSPS) is 25.0. The molecule has 26 heavy (non-hydrogen) atoms. The first kappa shape index (κ1) is 19.1. The lowest BCUT2D eigenvalue weighted by atomic mass is 9.86. The van der Waals surface area contributed by atoms with Crippen molar-refractivity contribution in [2.75, 3.05) is 5.32 Å². The fourth-order valence-corrected chi connectivity index (χ4v) is 2.97. The SMILES string of the molecule is N=C(N)Nc1ccccc1O[C@H]1C[C@@H](O)[C@H](NC(=N)N)C[C@@H]1NC(=N)N. The minimum absolute atomic E-state index is 0.225. The Bertz CT molecular complexity index is 681. The number of nitrogens with one attached hydrogen (secondary N) is 6. The Hall–Kier alpha value is -3.21. The summed E-state index contributed by atoms with van der Waals surface area (Å²) in [5.41, 5.74) is 16.7. The molecule has 1 aromatic rings. The average Bonchev–Trinajstić information content (AvgIpc) is 2.52. The largest absolute Gasteiger partial charge is 0.486 e. The molecule has 0 bridgehead atoms. The predicted octanol–water partition coefficient (Wildman–Crippen LogP) is -1.40. The van der Waals surface area contributed by atoms with Crippen molar-refractivity contribution in [1.29, 1.82) is 16.2 Å². The molecule has 0 heterocycles. The summed E-state index contributed by atoms with van der Waals surface area (Å²) in [5, 5.41) is 40.8. The van der Waals surface area contributed by atoms with Crippen LogP contribution in [0.25, 0.3) is 0 Å². The number of hydrogen-bond acceptors (Lipinski definition) is 5. The Kier molecular flexibility index (Phi) is 6.07. The average molecular weight is 363 g/mol. The molecule has 0 aliphatic heterocycles. The highest BCUT2D eigenvalue weighted by Gasteiger charge is 2.38. The standard InChI is InChI=1S/C15H25N9O2/c16-13(17)22-7-3-1-2-4-11(7)26-12-6-10(25)8(23-14(18)19)5-9(12)24-15(20)21/h1-4,8-10,12,25H,5-6H2,(H4,16,17,22)(H4,18,19,23)(H4,20,21,24)/t8-,9+,10-,12+/m1/s1. The topological polar surface area (TPSA) is 215 Å². The number of benzene rings is 1. The molecule has 2 rings (SSSR count). The van der Waals surface area contributed by atoms with Crippen LogP contribution in [0.3, 0.4) is 0 Å². The number of anilines is 1. The van der Waals surface area contributed by atoms with E-state index in [1.807, 2.05) is 0 Å². The van der Waals surface area contributed by atoms with Crippen molar-refractivity contribution in [1.82, 2.24) is 10.6 Å². The van der Waals surface area contributed by atoms with E-state index in [-0.39, 0.29) is 24.3 Å². The number of nitrogens with two attached hydrogens (primary N) is 3. The quantitative estimate of drug-likeness (QED) is 0.221. The molecule has 1 saturated carbocycles. The number of hydrogen-bond donors (Lipinski definition) is 10. The molecule has 11 heteroatoms. The Morgan fingerprint density at radius 1 is 0.962 bits per heavy atom. The smallest absolute Gasteiger partial charge is 0.190 e. The lowest BCUT2D eigenvalue weighted by Gasteiger charge is -2.40. The Morgan fingerprint density at radius 3 is 2.19 bits per heavy atom. The molecule has 0 amide bonds. The minimum atomic E-state index is -0.804. The fraction of sp³-hybridized carbons (Fsp3) is 0.400.